The Balaban J connectivity index is 1.66. The molecular weight excluding hydrogens is 440 g/mol. The van der Waals surface area contributed by atoms with Crippen LogP contribution in [0.1, 0.15) is 22.3 Å². The van der Waals surface area contributed by atoms with E-state index in [1.807, 2.05) is 0 Å². The van der Waals surface area contributed by atoms with Gasteiger partial charge in [-0.3, -0.25) is 4.57 Å². The van der Waals surface area contributed by atoms with Crippen molar-refractivity contribution in [1.82, 2.24) is 9.55 Å². The van der Waals surface area contributed by atoms with Crippen LogP contribution in [0.25, 0.3) is 60.8 Å². The van der Waals surface area contributed by atoms with Crippen LogP contribution in [0, 0.1) is 27.7 Å². The monoisotopic (exact) mass is 466 g/mol. The first-order chi connectivity index (χ1) is 17.5. The third-order valence-corrected chi connectivity index (χ3v) is 7.41. The van der Waals surface area contributed by atoms with Crippen LogP contribution in [-0.2, 0) is 0 Å². The number of benzene rings is 5. The predicted octanol–water partition coefficient (Wildman–Crippen LogP) is 8.98. The van der Waals surface area contributed by atoms with Crippen LogP contribution >= 0.6 is 0 Å². The molecule has 5 aromatic carbocycles. The number of imidazole rings is 1. The summed E-state index contributed by atoms with van der Waals surface area (Å²) in [7, 11) is 0. The van der Waals surface area contributed by atoms with Crippen molar-refractivity contribution < 1.29 is 4.42 Å². The third-order valence-electron chi connectivity index (χ3n) is 7.41. The fraction of sp³-hybridized carbons (Fsp3) is 0.121. The third kappa shape index (κ3) is 2.96. The first-order valence-electron chi connectivity index (χ1n) is 12.4. The molecule has 0 spiro atoms. The number of aromatic nitrogens is 2. The average molecular weight is 467 g/mol. The van der Waals surface area contributed by atoms with E-state index in [2.05, 4.69) is 117 Å². The molecule has 0 radical (unpaired) electrons. The van der Waals surface area contributed by atoms with Crippen LogP contribution in [0.3, 0.4) is 0 Å². The SMILES string of the molecule is Cc1ccc2c(c1)oc1c(-c3nc4cc5ccccc5cc4n3-c3c(C)cccc3C)ccc(C)c12. The van der Waals surface area contributed by atoms with Gasteiger partial charge in [-0.25, -0.2) is 4.98 Å². The zero-order chi connectivity index (χ0) is 24.6. The largest absolute Gasteiger partial charge is 0.455 e. The summed E-state index contributed by atoms with van der Waals surface area (Å²) in [5, 5.41) is 4.70. The molecule has 0 aliphatic carbocycles. The second-order valence-corrected chi connectivity index (χ2v) is 9.94. The van der Waals surface area contributed by atoms with Crippen molar-refractivity contribution in [2.24, 2.45) is 0 Å². The molecule has 2 heterocycles. The highest BCUT2D eigenvalue weighted by Gasteiger charge is 2.22. The molecule has 0 N–H and O–H groups in total. The standard InChI is InChI=1S/C33H26N2O/c1-19-12-14-25-29(16-19)36-32-26(15-13-20(2)30(25)32)33-34-27-17-23-10-5-6-11-24(23)18-28(27)35(33)31-21(3)8-7-9-22(31)4/h5-18H,1-4H3. The lowest BCUT2D eigenvalue weighted by Crippen LogP contribution is -2.03. The van der Waals surface area contributed by atoms with E-state index in [1.165, 1.54) is 38.7 Å². The van der Waals surface area contributed by atoms with Gasteiger partial charge in [0.25, 0.3) is 0 Å². The Morgan fingerprint density at radius 1 is 0.694 bits per heavy atom. The fourth-order valence-electron chi connectivity index (χ4n) is 5.66. The number of nitrogens with zero attached hydrogens (tertiary/aromatic N) is 2. The van der Waals surface area contributed by atoms with Crippen LogP contribution in [0.5, 0.6) is 0 Å². The molecule has 36 heavy (non-hydrogen) atoms. The molecule has 7 rings (SSSR count). The van der Waals surface area contributed by atoms with E-state index in [0.29, 0.717) is 0 Å². The van der Waals surface area contributed by atoms with E-state index < -0.39 is 0 Å². The van der Waals surface area contributed by atoms with Crippen molar-refractivity contribution in [1.29, 1.82) is 0 Å². The predicted molar refractivity (Wildman–Crippen MR) is 150 cm³/mol. The Morgan fingerprint density at radius 3 is 2.22 bits per heavy atom. The highest BCUT2D eigenvalue weighted by atomic mass is 16.3. The van der Waals surface area contributed by atoms with Crippen LogP contribution in [-0.4, -0.2) is 9.55 Å². The summed E-state index contributed by atoms with van der Waals surface area (Å²) in [6.07, 6.45) is 0. The Kier molecular flexibility index (Phi) is 4.40. The van der Waals surface area contributed by atoms with Gasteiger partial charge < -0.3 is 4.42 Å². The summed E-state index contributed by atoms with van der Waals surface area (Å²) in [5.41, 5.74) is 10.9. The minimum atomic E-state index is 0.892. The molecule has 0 fully saturated rings. The highest BCUT2D eigenvalue weighted by molar-refractivity contribution is 6.11. The molecular formula is C33H26N2O. The molecule has 0 aliphatic rings. The van der Waals surface area contributed by atoms with Crippen LogP contribution < -0.4 is 0 Å². The topological polar surface area (TPSA) is 31.0 Å². The van der Waals surface area contributed by atoms with Crippen molar-refractivity contribution in [3.63, 3.8) is 0 Å². The minimum absolute atomic E-state index is 0.892. The van der Waals surface area contributed by atoms with Crippen molar-refractivity contribution in [3.05, 3.63) is 107 Å². The first kappa shape index (κ1) is 21.0. The summed E-state index contributed by atoms with van der Waals surface area (Å²) >= 11 is 0. The van der Waals surface area contributed by atoms with Gasteiger partial charge in [-0.1, -0.05) is 60.7 Å². The van der Waals surface area contributed by atoms with E-state index >= 15 is 0 Å². The number of aryl methyl sites for hydroxylation is 4. The van der Waals surface area contributed by atoms with Crippen molar-refractivity contribution in [2.75, 3.05) is 0 Å². The lowest BCUT2D eigenvalue weighted by Gasteiger charge is -2.16. The lowest BCUT2D eigenvalue weighted by atomic mass is 10.0. The maximum absolute atomic E-state index is 6.57. The molecule has 0 saturated heterocycles. The smallest absolute Gasteiger partial charge is 0.149 e. The number of fused-ring (bicyclic) bond motifs is 5. The van der Waals surface area contributed by atoms with Crippen molar-refractivity contribution >= 4 is 43.7 Å². The quantitative estimate of drug-likeness (QED) is 0.254. The van der Waals surface area contributed by atoms with Gasteiger partial charge in [0.1, 0.15) is 17.0 Å². The van der Waals surface area contributed by atoms with E-state index in [0.717, 1.165) is 44.4 Å². The second-order valence-electron chi connectivity index (χ2n) is 9.94. The van der Waals surface area contributed by atoms with Crippen LogP contribution in [0.15, 0.2) is 89.3 Å². The van der Waals surface area contributed by atoms with Gasteiger partial charge in [-0.05, 0) is 85.0 Å². The summed E-state index contributed by atoms with van der Waals surface area (Å²) in [4.78, 5) is 5.26. The van der Waals surface area contributed by atoms with E-state index in [9.17, 15) is 0 Å². The van der Waals surface area contributed by atoms with Crippen LogP contribution in [0.2, 0.25) is 0 Å². The van der Waals surface area contributed by atoms with E-state index in [1.54, 1.807) is 0 Å². The molecule has 0 saturated carbocycles. The number of hydrogen-bond acceptors (Lipinski definition) is 2. The minimum Gasteiger partial charge on any atom is -0.455 e. The summed E-state index contributed by atoms with van der Waals surface area (Å²) < 4.78 is 8.90. The molecule has 174 valence electrons. The molecule has 3 nitrogen and oxygen atoms in total. The van der Waals surface area contributed by atoms with E-state index in [-0.39, 0.29) is 0 Å². The first-order valence-corrected chi connectivity index (χ1v) is 12.4. The Morgan fingerprint density at radius 2 is 1.44 bits per heavy atom. The van der Waals surface area contributed by atoms with Crippen molar-refractivity contribution in [3.8, 4) is 17.1 Å². The molecule has 0 atom stereocenters. The van der Waals surface area contributed by atoms with Crippen molar-refractivity contribution in [2.45, 2.75) is 27.7 Å². The Labute approximate surface area is 209 Å². The van der Waals surface area contributed by atoms with Gasteiger partial charge >= 0.3 is 0 Å². The number of para-hydroxylation sites is 1. The highest BCUT2D eigenvalue weighted by Crippen LogP contribution is 2.40. The fourth-order valence-corrected chi connectivity index (χ4v) is 5.66. The Hall–Kier alpha value is -4.37. The second kappa shape index (κ2) is 7.56. The molecule has 7 aromatic rings. The molecule has 0 bridgehead atoms. The van der Waals surface area contributed by atoms with Crippen LogP contribution in [0.4, 0.5) is 0 Å². The maximum Gasteiger partial charge on any atom is 0.149 e. The summed E-state index contributed by atoms with van der Waals surface area (Å²) in [5.74, 6) is 0.901. The average Bonchev–Trinajstić information content (AvgIpc) is 3.41. The lowest BCUT2D eigenvalue weighted by molar-refractivity contribution is 0.669. The summed E-state index contributed by atoms with van der Waals surface area (Å²) in [6.45, 7) is 8.61. The zero-order valence-corrected chi connectivity index (χ0v) is 20.9. The maximum atomic E-state index is 6.57. The normalized spacial score (nSPS) is 11.9. The zero-order valence-electron chi connectivity index (χ0n) is 20.9. The van der Waals surface area contributed by atoms with Gasteiger partial charge in [-0.15, -0.1) is 0 Å². The van der Waals surface area contributed by atoms with E-state index in [4.69, 9.17) is 9.40 Å². The molecule has 2 aromatic heterocycles. The number of furan rings is 1. The van der Waals surface area contributed by atoms with Gasteiger partial charge in [0.2, 0.25) is 0 Å². The molecule has 0 aliphatic heterocycles. The molecule has 3 heteroatoms. The van der Waals surface area contributed by atoms with Gasteiger partial charge in [-0.2, -0.15) is 0 Å². The van der Waals surface area contributed by atoms with Gasteiger partial charge in [0.15, 0.2) is 0 Å². The van der Waals surface area contributed by atoms with Gasteiger partial charge in [0.05, 0.1) is 22.3 Å². The summed E-state index contributed by atoms with van der Waals surface area (Å²) in [6, 6.07) is 30.2. The number of hydrogen-bond donors (Lipinski definition) is 0. The number of rotatable bonds is 2. The molecule has 0 unspecified atom stereocenters. The Bertz CT molecular complexity index is 1970. The molecule has 0 amide bonds. The van der Waals surface area contributed by atoms with Gasteiger partial charge in [0, 0.05) is 10.8 Å².